The normalized spacial score (nSPS) is 10.7. The highest BCUT2D eigenvalue weighted by Gasteiger charge is 2.01. The zero-order valence-corrected chi connectivity index (χ0v) is 7.67. The smallest absolute Gasteiger partial charge is 0.154 e. The van der Waals surface area contributed by atoms with E-state index in [-0.39, 0.29) is 0 Å². The molecule has 0 aliphatic carbocycles. The lowest BCUT2D eigenvalue weighted by molar-refractivity contribution is 0.933. The summed E-state index contributed by atoms with van der Waals surface area (Å²) in [4.78, 5) is 3.90. The first-order valence-electron chi connectivity index (χ1n) is 2.93. The maximum Gasteiger partial charge on any atom is 0.154 e. The van der Waals surface area contributed by atoms with Crippen LogP contribution in [0.4, 0.5) is 0 Å². The van der Waals surface area contributed by atoms with Crippen molar-refractivity contribution >= 4 is 33.0 Å². The average molecular weight is 232 g/mol. The summed E-state index contributed by atoms with van der Waals surface area (Å²) in [5.41, 5.74) is 0.807. The van der Waals surface area contributed by atoms with E-state index in [9.17, 15) is 0 Å². The lowest BCUT2D eigenvalue weighted by atomic mass is 10.5. The number of halogens is 2. The summed E-state index contributed by atoms with van der Waals surface area (Å²) in [6, 6.07) is 1.81. The van der Waals surface area contributed by atoms with E-state index in [0.717, 1.165) is 10.1 Å². The highest BCUT2D eigenvalue weighted by atomic mass is 79.9. The Balaban J connectivity index is 2.90. The third-order valence-electron chi connectivity index (χ3n) is 1.31. The third kappa shape index (κ3) is 1.12. The van der Waals surface area contributed by atoms with E-state index in [0.29, 0.717) is 5.15 Å². The van der Waals surface area contributed by atoms with Crippen molar-refractivity contribution in [2.45, 2.75) is 0 Å². The summed E-state index contributed by atoms with van der Waals surface area (Å²) < 4.78 is 2.42. The predicted octanol–water partition coefficient (Wildman–Crippen LogP) is 2.15. The van der Waals surface area contributed by atoms with Crippen molar-refractivity contribution in [3.05, 3.63) is 28.2 Å². The standard InChI is InChI=1S/C6H3BrClN3/c7-5-3-4-6(8)9-1-2-11(4)10-5/h1-3H. The van der Waals surface area contributed by atoms with Gasteiger partial charge in [0.1, 0.15) is 10.1 Å². The van der Waals surface area contributed by atoms with Gasteiger partial charge in [-0.2, -0.15) is 5.10 Å². The van der Waals surface area contributed by atoms with E-state index >= 15 is 0 Å². The first kappa shape index (κ1) is 7.06. The van der Waals surface area contributed by atoms with E-state index < -0.39 is 0 Å². The Kier molecular flexibility index (Phi) is 1.58. The van der Waals surface area contributed by atoms with Crippen molar-refractivity contribution in [3.63, 3.8) is 0 Å². The van der Waals surface area contributed by atoms with Crippen molar-refractivity contribution in [1.82, 2.24) is 14.6 Å². The van der Waals surface area contributed by atoms with Gasteiger partial charge in [-0.05, 0) is 15.9 Å². The highest BCUT2D eigenvalue weighted by Crippen LogP contribution is 2.17. The summed E-state index contributed by atoms with van der Waals surface area (Å²) in [5, 5.41) is 4.55. The van der Waals surface area contributed by atoms with E-state index in [1.54, 1.807) is 16.9 Å². The minimum absolute atomic E-state index is 0.464. The van der Waals surface area contributed by atoms with Crippen LogP contribution in [0, 0.1) is 0 Å². The Hall–Kier alpha value is -0.610. The lowest BCUT2D eigenvalue weighted by Crippen LogP contribution is -1.87. The van der Waals surface area contributed by atoms with Crippen molar-refractivity contribution in [2.24, 2.45) is 0 Å². The topological polar surface area (TPSA) is 30.2 Å². The molecule has 2 heterocycles. The largest absolute Gasteiger partial charge is 0.241 e. The molecule has 0 aromatic carbocycles. The number of fused-ring (bicyclic) bond motifs is 1. The monoisotopic (exact) mass is 231 g/mol. The van der Waals surface area contributed by atoms with Gasteiger partial charge in [-0.3, -0.25) is 0 Å². The highest BCUT2D eigenvalue weighted by molar-refractivity contribution is 9.10. The van der Waals surface area contributed by atoms with Crippen LogP contribution in [0.1, 0.15) is 0 Å². The first-order valence-corrected chi connectivity index (χ1v) is 4.10. The first-order chi connectivity index (χ1) is 5.27. The van der Waals surface area contributed by atoms with Crippen LogP contribution >= 0.6 is 27.5 Å². The van der Waals surface area contributed by atoms with Gasteiger partial charge in [-0.1, -0.05) is 11.6 Å². The maximum absolute atomic E-state index is 5.78. The van der Waals surface area contributed by atoms with Crippen LogP contribution in [-0.4, -0.2) is 14.6 Å². The van der Waals surface area contributed by atoms with Gasteiger partial charge in [-0.25, -0.2) is 9.50 Å². The average Bonchev–Trinajstić information content (AvgIpc) is 2.31. The summed E-state index contributed by atoms with van der Waals surface area (Å²) >= 11 is 9.02. The summed E-state index contributed by atoms with van der Waals surface area (Å²) in [6.07, 6.45) is 3.35. The quantitative estimate of drug-likeness (QED) is 0.697. The molecule has 0 saturated carbocycles. The van der Waals surface area contributed by atoms with Crippen LogP contribution in [0.15, 0.2) is 23.1 Å². The number of nitrogens with zero attached hydrogens (tertiary/aromatic N) is 3. The van der Waals surface area contributed by atoms with Crippen molar-refractivity contribution in [2.75, 3.05) is 0 Å². The van der Waals surface area contributed by atoms with Gasteiger partial charge in [0.05, 0.1) is 0 Å². The van der Waals surface area contributed by atoms with Gasteiger partial charge in [0.15, 0.2) is 5.15 Å². The van der Waals surface area contributed by atoms with Gasteiger partial charge in [0.2, 0.25) is 0 Å². The predicted molar refractivity (Wildman–Crippen MR) is 45.7 cm³/mol. The molecule has 11 heavy (non-hydrogen) atoms. The Labute approximate surface area is 76.1 Å². The molecule has 56 valence electrons. The number of hydrogen-bond acceptors (Lipinski definition) is 2. The maximum atomic E-state index is 5.78. The van der Waals surface area contributed by atoms with Crippen molar-refractivity contribution in [1.29, 1.82) is 0 Å². The van der Waals surface area contributed by atoms with Crippen molar-refractivity contribution < 1.29 is 0 Å². The molecule has 0 aliphatic rings. The molecule has 0 saturated heterocycles. The minimum atomic E-state index is 0.464. The lowest BCUT2D eigenvalue weighted by Gasteiger charge is -1.91. The second-order valence-electron chi connectivity index (χ2n) is 2.01. The fourth-order valence-corrected chi connectivity index (χ4v) is 1.45. The summed E-state index contributed by atoms with van der Waals surface area (Å²) in [7, 11) is 0. The molecule has 0 bridgehead atoms. The Morgan fingerprint density at radius 3 is 3.09 bits per heavy atom. The molecular weight excluding hydrogens is 229 g/mol. The number of hydrogen-bond donors (Lipinski definition) is 0. The molecular formula is C6H3BrClN3. The molecule has 2 aromatic heterocycles. The minimum Gasteiger partial charge on any atom is -0.241 e. The van der Waals surface area contributed by atoms with Gasteiger partial charge in [-0.15, -0.1) is 0 Å². The fourth-order valence-electron chi connectivity index (χ4n) is 0.860. The SMILES string of the molecule is Clc1nccn2nc(Br)cc12. The van der Waals surface area contributed by atoms with Crippen LogP contribution in [0.5, 0.6) is 0 Å². The molecule has 0 unspecified atom stereocenters. The molecule has 0 radical (unpaired) electrons. The molecule has 2 aromatic rings. The van der Waals surface area contributed by atoms with Crippen LogP contribution in [-0.2, 0) is 0 Å². The molecule has 5 heteroatoms. The Bertz CT molecular complexity index is 398. The van der Waals surface area contributed by atoms with Gasteiger partial charge in [0.25, 0.3) is 0 Å². The van der Waals surface area contributed by atoms with E-state index in [1.165, 1.54) is 0 Å². The zero-order valence-electron chi connectivity index (χ0n) is 5.33. The Morgan fingerprint density at radius 1 is 1.55 bits per heavy atom. The van der Waals surface area contributed by atoms with Crippen LogP contribution in [0.2, 0.25) is 5.15 Å². The van der Waals surface area contributed by atoms with Crippen LogP contribution in [0.3, 0.4) is 0 Å². The molecule has 0 fully saturated rings. The van der Waals surface area contributed by atoms with E-state index in [1.807, 2.05) is 6.07 Å². The Morgan fingerprint density at radius 2 is 2.36 bits per heavy atom. The third-order valence-corrected chi connectivity index (χ3v) is 1.99. The van der Waals surface area contributed by atoms with Crippen molar-refractivity contribution in [3.8, 4) is 0 Å². The molecule has 0 amide bonds. The molecule has 0 aliphatic heterocycles. The van der Waals surface area contributed by atoms with Gasteiger partial charge < -0.3 is 0 Å². The van der Waals surface area contributed by atoms with E-state index in [4.69, 9.17) is 11.6 Å². The number of aromatic nitrogens is 3. The molecule has 0 N–H and O–H groups in total. The van der Waals surface area contributed by atoms with Gasteiger partial charge >= 0.3 is 0 Å². The number of rotatable bonds is 0. The second kappa shape index (κ2) is 2.46. The van der Waals surface area contributed by atoms with E-state index in [2.05, 4.69) is 26.0 Å². The zero-order chi connectivity index (χ0) is 7.84. The van der Waals surface area contributed by atoms with Crippen LogP contribution < -0.4 is 0 Å². The molecule has 3 nitrogen and oxygen atoms in total. The summed E-state index contributed by atoms with van der Waals surface area (Å²) in [5.74, 6) is 0. The molecule has 0 spiro atoms. The molecule has 0 atom stereocenters. The summed E-state index contributed by atoms with van der Waals surface area (Å²) in [6.45, 7) is 0. The second-order valence-corrected chi connectivity index (χ2v) is 3.19. The fraction of sp³-hybridized carbons (Fsp3) is 0. The van der Waals surface area contributed by atoms with Crippen LogP contribution in [0.25, 0.3) is 5.52 Å². The molecule has 2 rings (SSSR count). The van der Waals surface area contributed by atoms with Gasteiger partial charge in [0, 0.05) is 18.5 Å².